The van der Waals surface area contributed by atoms with Gasteiger partial charge in [0.15, 0.2) is 0 Å². The molecular weight excluding hydrogens is 165 g/mol. The van der Waals surface area contributed by atoms with Gasteiger partial charge < -0.3 is 5.32 Å². The van der Waals surface area contributed by atoms with E-state index in [1.807, 2.05) is 13.1 Å². The van der Waals surface area contributed by atoms with Crippen molar-refractivity contribution in [2.45, 2.75) is 12.3 Å². The largest absolute Gasteiger partial charge is 0.319 e. The Labute approximate surface area is 78.0 Å². The summed E-state index contributed by atoms with van der Waals surface area (Å²) in [5, 5.41) is 3.15. The molecule has 1 nitrogen and oxygen atoms in total. The summed E-state index contributed by atoms with van der Waals surface area (Å²) in [6.07, 6.45) is 1.20. The Kier molecular flexibility index (Phi) is 2.32. The second-order valence-electron chi connectivity index (χ2n) is 3.71. The molecule has 70 valence electrons. The van der Waals surface area contributed by atoms with Crippen molar-refractivity contribution in [2.24, 2.45) is 5.92 Å². The van der Waals surface area contributed by atoms with Crippen LogP contribution in [0.4, 0.5) is 4.39 Å². The minimum absolute atomic E-state index is 0.118. The lowest BCUT2D eigenvalue weighted by atomic mass is 10.1. The van der Waals surface area contributed by atoms with E-state index in [0.29, 0.717) is 11.8 Å². The summed E-state index contributed by atoms with van der Waals surface area (Å²) in [6.45, 7) is 1.04. The van der Waals surface area contributed by atoms with Crippen LogP contribution in [-0.2, 0) is 0 Å². The van der Waals surface area contributed by atoms with Gasteiger partial charge in [0.2, 0.25) is 0 Å². The van der Waals surface area contributed by atoms with Crippen molar-refractivity contribution in [3.05, 3.63) is 35.6 Å². The maximum Gasteiger partial charge on any atom is 0.123 e. The summed E-state index contributed by atoms with van der Waals surface area (Å²) in [5.41, 5.74) is 1.15. The molecule has 1 aliphatic rings. The Morgan fingerprint density at radius 3 is 3.08 bits per heavy atom. The van der Waals surface area contributed by atoms with E-state index in [9.17, 15) is 4.39 Å². The SMILES string of the molecule is CNC[C@@H]1C[C@H]1c1cccc(F)c1. The van der Waals surface area contributed by atoms with Gasteiger partial charge in [0.05, 0.1) is 0 Å². The van der Waals surface area contributed by atoms with Crippen LogP contribution in [0.25, 0.3) is 0 Å². The fourth-order valence-corrected chi connectivity index (χ4v) is 1.88. The van der Waals surface area contributed by atoms with E-state index < -0.39 is 0 Å². The first kappa shape index (κ1) is 8.70. The van der Waals surface area contributed by atoms with Gasteiger partial charge in [-0.3, -0.25) is 0 Å². The van der Waals surface area contributed by atoms with Crippen LogP contribution < -0.4 is 5.32 Å². The molecule has 0 bridgehead atoms. The predicted octanol–water partition coefficient (Wildman–Crippen LogP) is 2.15. The van der Waals surface area contributed by atoms with Crippen LogP contribution in [0.15, 0.2) is 24.3 Å². The topological polar surface area (TPSA) is 12.0 Å². The highest BCUT2D eigenvalue weighted by Crippen LogP contribution is 2.46. The van der Waals surface area contributed by atoms with Crippen molar-refractivity contribution in [3.63, 3.8) is 0 Å². The maximum absolute atomic E-state index is 12.9. The van der Waals surface area contributed by atoms with E-state index in [1.165, 1.54) is 12.5 Å². The molecule has 1 saturated carbocycles. The van der Waals surface area contributed by atoms with Crippen molar-refractivity contribution in [2.75, 3.05) is 13.6 Å². The van der Waals surface area contributed by atoms with Gasteiger partial charge in [-0.05, 0) is 49.5 Å². The summed E-state index contributed by atoms with van der Waals surface area (Å²) in [7, 11) is 1.96. The van der Waals surface area contributed by atoms with Crippen LogP contribution in [0.1, 0.15) is 17.9 Å². The summed E-state index contributed by atoms with van der Waals surface area (Å²) in [5.74, 6) is 1.18. The highest BCUT2D eigenvalue weighted by molar-refractivity contribution is 5.26. The second kappa shape index (κ2) is 3.46. The summed E-state index contributed by atoms with van der Waals surface area (Å²) < 4.78 is 12.9. The zero-order valence-electron chi connectivity index (χ0n) is 7.76. The highest BCUT2D eigenvalue weighted by atomic mass is 19.1. The molecule has 2 heteroatoms. The number of nitrogens with one attached hydrogen (secondary N) is 1. The van der Waals surface area contributed by atoms with E-state index >= 15 is 0 Å². The van der Waals surface area contributed by atoms with Crippen LogP contribution in [0.2, 0.25) is 0 Å². The van der Waals surface area contributed by atoms with Crippen LogP contribution in [-0.4, -0.2) is 13.6 Å². The van der Waals surface area contributed by atoms with E-state index in [0.717, 1.165) is 12.1 Å². The Balaban J connectivity index is 2.03. The number of benzene rings is 1. The number of hydrogen-bond donors (Lipinski definition) is 1. The van der Waals surface area contributed by atoms with Crippen molar-refractivity contribution >= 4 is 0 Å². The average molecular weight is 179 g/mol. The Bertz CT molecular complexity index is 298. The zero-order valence-corrected chi connectivity index (χ0v) is 7.76. The molecule has 0 radical (unpaired) electrons. The predicted molar refractivity (Wildman–Crippen MR) is 51.2 cm³/mol. The Morgan fingerprint density at radius 2 is 2.38 bits per heavy atom. The first-order chi connectivity index (χ1) is 6.31. The third-order valence-corrected chi connectivity index (χ3v) is 2.67. The van der Waals surface area contributed by atoms with Gasteiger partial charge in [0, 0.05) is 0 Å². The molecule has 0 aliphatic heterocycles. The van der Waals surface area contributed by atoms with Gasteiger partial charge in [-0.15, -0.1) is 0 Å². The zero-order chi connectivity index (χ0) is 9.26. The molecule has 0 heterocycles. The summed E-state index contributed by atoms with van der Waals surface area (Å²) in [4.78, 5) is 0. The molecular formula is C11H14FN. The maximum atomic E-state index is 12.9. The molecule has 1 N–H and O–H groups in total. The van der Waals surface area contributed by atoms with E-state index in [4.69, 9.17) is 0 Å². The van der Waals surface area contributed by atoms with Gasteiger partial charge in [-0.2, -0.15) is 0 Å². The molecule has 1 aromatic rings. The molecule has 13 heavy (non-hydrogen) atoms. The smallest absolute Gasteiger partial charge is 0.123 e. The Morgan fingerprint density at radius 1 is 1.54 bits per heavy atom. The van der Waals surface area contributed by atoms with Crippen LogP contribution >= 0.6 is 0 Å². The van der Waals surface area contributed by atoms with Gasteiger partial charge in [0.25, 0.3) is 0 Å². The van der Waals surface area contributed by atoms with E-state index in [-0.39, 0.29) is 5.82 Å². The van der Waals surface area contributed by atoms with E-state index in [2.05, 4.69) is 5.32 Å². The van der Waals surface area contributed by atoms with Crippen LogP contribution in [0.5, 0.6) is 0 Å². The number of hydrogen-bond acceptors (Lipinski definition) is 1. The van der Waals surface area contributed by atoms with Gasteiger partial charge in [-0.1, -0.05) is 12.1 Å². The van der Waals surface area contributed by atoms with Crippen molar-refractivity contribution in [3.8, 4) is 0 Å². The molecule has 1 aliphatic carbocycles. The number of halogens is 1. The highest BCUT2D eigenvalue weighted by Gasteiger charge is 2.37. The molecule has 0 amide bonds. The molecule has 2 rings (SSSR count). The molecule has 2 atom stereocenters. The minimum atomic E-state index is -0.118. The average Bonchev–Trinajstić information content (AvgIpc) is 2.85. The summed E-state index contributed by atoms with van der Waals surface area (Å²) >= 11 is 0. The summed E-state index contributed by atoms with van der Waals surface area (Å²) in [6, 6.07) is 6.96. The quantitative estimate of drug-likeness (QED) is 0.749. The molecule has 0 unspecified atom stereocenters. The van der Waals surface area contributed by atoms with Gasteiger partial charge in [-0.25, -0.2) is 4.39 Å². The fourth-order valence-electron chi connectivity index (χ4n) is 1.88. The molecule has 0 aromatic heterocycles. The molecule has 0 spiro atoms. The second-order valence-corrected chi connectivity index (χ2v) is 3.71. The minimum Gasteiger partial charge on any atom is -0.319 e. The molecule has 1 fully saturated rings. The van der Waals surface area contributed by atoms with Crippen LogP contribution in [0.3, 0.4) is 0 Å². The lowest BCUT2D eigenvalue weighted by Gasteiger charge is -1.99. The Hall–Kier alpha value is -0.890. The van der Waals surface area contributed by atoms with Crippen molar-refractivity contribution < 1.29 is 4.39 Å². The van der Waals surface area contributed by atoms with Crippen LogP contribution in [0, 0.1) is 11.7 Å². The lowest BCUT2D eigenvalue weighted by molar-refractivity contribution is 0.624. The fraction of sp³-hybridized carbons (Fsp3) is 0.455. The monoisotopic (exact) mass is 179 g/mol. The third kappa shape index (κ3) is 1.89. The lowest BCUT2D eigenvalue weighted by Crippen LogP contribution is -2.10. The van der Waals surface area contributed by atoms with Gasteiger partial charge in [0.1, 0.15) is 5.82 Å². The first-order valence-corrected chi connectivity index (χ1v) is 4.71. The molecule has 0 saturated heterocycles. The van der Waals surface area contributed by atoms with E-state index in [1.54, 1.807) is 12.1 Å². The van der Waals surface area contributed by atoms with Gasteiger partial charge >= 0.3 is 0 Å². The first-order valence-electron chi connectivity index (χ1n) is 4.71. The number of rotatable bonds is 3. The molecule has 1 aromatic carbocycles. The van der Waals surface area contributed by atoms with Crippen molar-refractivity contribution in [1.82, 2.24) is 5.32 Å². The van der Waals surface area contributed by atoms with Crippen molar-refractivity contribution in [1.29, 1.82) is 0 Å². The standard InChI is InChI=1S/C11H14FN/c1-13-7-9-6-11(9)8-3-2-4-10(12)5-8/h2-5,9,11,13H,6-7H2,1H3/t9-,11-/m0/s1. The normalized spacial score (nSPS) is 26.0. The third-order valence-electron chi connectivity index (χ3n) is 2.67.